The summed E-state index contributed by atoms with van der Waals surface area (Å²) in [6, 6.07) is 8.13. The van der Waals surface area contributed by atoms with Crippen molar-refractivity contribution in [2.45, 2.75) is 30.1 Å². The number of rotatable bonds is 6. The first-order valence-corrected chi connectivity index (χ1v) is 9.29. The first-order chi connectivity index (χ1) is 9.94. The van der Waals surface area contributed by atoms with Crippen LogP contribution >= 0.6 is 11.8 Å². The molecule has 0 atom stereocenters. The van der Waals surface area contributed by atoms with Crippen LogP contribution in [0.1, 0.15) is 17.0 Å². The number of nitrogens with zero attached hydrogens (tertiary/aromatic N) is 1. The second-order valence-electron chi connectivity index (χ2n) is 4.76. The van der Waals surface area contributed by atoms with Crippen LogP contribution in [0.2, 0.25) is 0 Å². The fourth-order valence-corrected chi connectivity index (χ4v) is 3.94. The molecule has 1 heterocycles. The predicted octanol–water partition coefficient (Wildman–Crippen LogP) is 2.27. The summed E-state index contributed by atoms with van der Waals surface area (Å²) in [5.41, 5.74) is 2.16. The number of aromatic nitrogens is 2. The van der Waals surface area contributed by atoms with Gasteiger partial charge in [0.05, 0.1) is 11.4 Å². The van der Waals surface area contributed by atoms with E-state index in [4.69, 9.17) is 0 Å². The van der Waals surface area contributed by atoms with E-state index in [0.29, 0.717) is 24.4 Å². The highest BCUT2D eigenvalue weighted by atomic mass is 32.2. The molecule has 0 radical (unpaired) electrons. The van der Waals surface area contributed by atoms with E-state index in [0.717, 1.165) is 5.56 Å². The zero-order valence-corrected chi connectivity index (χ0v) is 13.9. The van der Waals surface area contributed by atoms with Gasteiger partial charge in [-0.25, -0.2) is 13.1 Å². The lowest BCUT2D eigenvalue weighted by Crippen LogP contribution is -2.26. The van der Waals surface area contributed by atoms with Crippen LogP contribution in [0.4, 0.5) is 0 Å². The molecule has 0 fully saturated rings. The van der Waals surface area contributed by atoms with E-state index in [1.807, 2.05) is 30.5 Å². The molecule has 2 aromatic rings. The van der Waals surface area contributed by atoms with Crippen LogP contribution in [0.25, 0.3) is 0 Å². The Balaban J connectivity index is 1.99. The first kappa shape index (κ1) is 16.1. The Hall–Kier alpha value is -1.31. The van der Waals surface area contributed by atoms with Crippen molar-refractivity contribution in [3.05, 3.63) is 41.2 Å². The van der Waals surface area contributed by atoms with Crippen LogP contribution in [0.3, 0.4) is 0 Å². The smallest absolute Gasteiger partial charge is 0.244 e. The Morgan fingerprint density at radius 3 is 2.43 bits per heavy atom. The Kier molecular flexibility index (Phi) is 5.08. The van der Waals surface area contributed by atoms with E-state index in [-0.39, 0.29) is 4.90 Å². The standard InChI is InChI=1S/C14H19N3O2S2/c1-10-14(11(2)17-16-10)21(18,19)15-9-8-12-4-6-13(20-3)7-5-12/h4-7,15H,8-9H2,1-3H3,(H,16,17). The maximum absolute atomic E-state index is 12.3. The summed E-state index contributed by atoms with van der Waals surface area (Å²) in [6.45, 7) is 3.75. The minimum absolute atomic E-state index is 0.250. The number of thioether (sulfide) groups is 1. The van der Waals surface area contributed by atoms with Gasteiger partial charge in [0, 0.05) is 11.4 Å². The molecule has 2 rings (SSSR count). The van der Waals surface area contributed by atoms with Gasteiger partial charge in [0.25, 0.3) is 0 Å². The SMILES string of the molecule is CSc1ccc(CCNS(=O)(=O)c2c(C)n[nH]c2C)cc1. The number of benzene rings is 1. The molecule has 5 nitrogen and oxygen atoms in total. The molecule has 0 saturated carbocycles. The van der Waals surface area contributed by atoms with E-state index in [9.17, 15) is 8.42 Å². The lowest BCUT2D eigenvalue weighted by molar-refractivity contribution is 0.580. The fourth-order valence-electron chi connectivity index (χ4n) is 2.13. The molecule has 21 heavy (non-hydrogen) atoms. The lowest BCUT2D eigenvalue weighted by Gasteiger charge is -2.07. The Bertz CT molecular complexity index is 687. The van der Waals surface area contributed by atoms with Crippen molar-refractivity contribution in [1.29, 1.82) is 0 Å². The van der Waals surface area contributed by atoms with Gasteiger partial charge in [-0.15, -0.1) is 11.8 Å². The summed E-state index contributed by atoms with van der Waals surface area (Å²) in [4.78, 5) is 1.45. The molecule has 0 bridgehead atoms. The van der Waals surface area contributed by atoms with Crippen LogP contribution in [-0.2, 0) is 16.4 Å². The van der Waals surface area contributed by atoms with E-state index >= 15 is 0 Å². The average molecular weight is 325 g/mol. The molecule has 0 unspecified atom stereocenters. The Morgan fingerprint density at radius 1 is 1.24 bits per heavy atom. The van der Waals surface area contributed by atoms with Crippen molar-refractivity contribution in [1.82, 2.24) is 14.9 Å². The van der Waals surface area contributed by atoms with Crippen molar-refractivity contribution in [3.8, 4) is 0 Å². The number of nitrogens with one attached hydrogen (secondary N) is 2. The fraction of sp³-hybridized carbons (Fsp3) is 0.357. The van der Waals surface area contributed by atoms with E-state index in [2.05, 4.69) is 14.9 Å². The summed E-state index contributed by atoms with van der Waals surface area (Å²) in [6.07, 6.45) is 2.68. The maximum atomic E-state index is 12.3. The number of H-pyrrole nitrogens is 1. The van der Waals surface area contributed by atoms with Crippen LogP contribution in [0.5, 0.6) is 0 Å². The molecule has 114 valence electrons. The summed E-state index contributed by atoms with van der Waals surface area (Å²) in [7, 11) is -3.51. The highest BCUT2D eigenvalue weighted by Gasteiger charge is 2.21. The summed E-state index contributed by atoms with van der Waals surface area (Å²) in [5.74, 6) is 0. The molecule has 0 spiro atoms. The van der Waals surface area contributed by atoms with Gasteiger partial charge in [0.2, 0.25) is 10.0 Å². The lowest BCUT2D eigenvalue weighted by atomic mass is 10.2. The van der Waals surface area contributed by atoms with Crippen LogP contribution in [-0.4, -0.2) is 31.4 Å². The summed E-state index contributed by atoms with van der Waals surface area (Å²) >= 11 is 1.69. The van der Waals surface area contributed by atoms with Gasteiger partial charge in [-0.05, 0) is 44.2 Å². The van der Waals surface area contributed by atoms with E-state index in [1.54, 1.807) is 25.6 Å². The molecule has 0 saturated heterocycles. The number of aromatic amines is 1. The quantitative estimate of drug-likeness (QED) is 0.799. The number of hydrogen-bond acceptors (Lipinski definition) is 4. The predicted molar refractivity (Wildman–Crippen MR) is 85.2 cm³/mol. The minimum Gasteiger partial charge on any atom is -0.281 e. The molecule has 1 aromatic heterocycles. The third kappa shape index (κ3) is 3.87. The van der Waals surface area contributed by atoms with Gasteiger partial charge < -0.3 is 0 Å². The van der Waals surface area contributed by atoms with Gasteiger partial charge in [0.1, 0.15) is 4.90 Å². The van der Waals surface area contributed by atoms with Gasteiger partial charge >= 0.3 is 0 Å². The molecule has 0 aliphatic carbocycles. The van der Waals surface area contributed by atoms with Crippen LogP contribution < -0.4 is 4.72 Å². The van der Waals surface area contributed by atoms with Crippen molar-refractivity contribution in [2.75, 3.05) is 12.8 Å². The van der Waals surface area contributed by atoms with E-state index < -0.39 is 10.0 Å². The highest BCUT2D eigenvalue weighted by molar-refractivity contribution is 7.98. The second-order valence-corrected chi connectivity index (χ2v) is 7.34. The van der Waals surface area contributed by atoms with Crippen LogP contribution in [0.15, 0.2) is 34.1 Å². The summed E-state index contributed by atoms with van der Waals surface area (Å²) in [5, 5.41) is 6.61. The molecular weight excluding hydrogens is 306 g/mol. The van der Waals surface area contributed by atoms with Gasteiger partial charge in [-0.1, -0.05) is 12.1 Å². The Labute approximate surface area is 129 Å². The monoisotopic (exact) mass is 325 g/mol. The topological polar surface area (TPSA) is 74.8 Å². The molecule has 2 N–H and O–H groups in total. The zero-order chi connectivity index (χ0) is 15.5. The minimum atomic E-state index is -3.51. The third-order valence-electron chi connectivity index (χ3n) is 3.19. The summed E-state index contributed by atoms with van der Waals surface area (Å²) < 4.78 is 27.1. The molecule has 0 aliphatic heterocycles. The molecule has 0 amide bonds. The van der Waals surface area contributed by atoms with Crippen LogP contribution in [0, 0.1) is 13.8 Å². The second kappa shape index (κ2) is 6.64. The largest absolute Gasteiger partial charge is 0.281 e. The average Bonchev–Trinajstić information content (AvgIpc) is 2.79. The molecular formula is C14H19N3O2S2. The van der Waals surface area contributed by atoms with Gasteiger partial charge in [-0.3, -0.25) is 5.10 Å². The molecule has 0 aliphatic rings. The third-order valence-corrected chi connectivity index (χ3v) is 5.66. The number of hydrogen-bond donors (Lipinski definition) is 2. The zero-order valence-electron chi connectivity index (χ0n) is 12.3. The highest BCUT2D eigenvalue weighted by Crippen LogP contribution is 2.17. The van der Waals surface area contributed by atoms with Crippen molar-refractivity contribution < 1.29 is 8.42 Å². The number of sulfonamides is 1. The normalized spacial score (nSPS) is 11.8. The molecule has 1 aromatic carbocycles. The maximum Gasteiger partial charge on any atom is 0.244 e. The van der Waals surface area contributed by atoms with Crippen molar-refractivity contribution in [3.63, 3.8) is 0 Å². The Morgan fingerprint density at radius 2 is 1.90 bits per heavy atom. The van der Waals surface area contributed by atoms with Crippen molar-refractivity contribution >= 4 is 21.8 Å². The number of aryl methyl sites for hydroxylation is 2. The van der Waals surface area contributed by atoms with Gasteiger partial charge in [-0.2, -0.15) is 5.10 Å². The first-order valence-electron chi connectivity index (χ1n) is 6.58. The van der Waals surface area contributed by atoms with Crippen molar-refractivity contribution in [2.24, 2.45) is 0 Å². The molecule has 7 heteroatoms. The van der Waals surface area contributed by atoms with E-state index in [1.165, 1.54) is 4.90 Å². The van der Waals surface area contributed by atoms with Gasteiger partial charge in [0.15, 0.2) is 0 Å².